The fourth-order valence-electron chi connectivity index (χ4n) is 2.73. The number of hydrogen-bond acceptors (Lipinski definition) is 2. The van der Waals surface area contributed by atoms with Crippen molar-refractivity contribution >= 4 is 11.6 Å². The van der Waals surface area contributed by atoms with Gasteiger partial charge in [0.05, 0.1) is 5.69 Å². The Balaban J connectivity index is 1.90. The molecule has 1 aromatic carbocycles. The molecular weight excluding hydrogens is 262 g/mol. The van der Waals surface area contributed by atoms with Gasteiger partial charge in [-0.1, -0.05) is 32.1 Å². The monoisotopic (exact) mass is 282 g/mol. The third-order valence-electron chi connectivity index (χ3n) is 3.91. The molecule has 0 atom stereocenters. The highest BCUT2D eigenvalue weighted by atomic mass is 19.1. The van der Waals surface area contributed by atoms with E-state index in [0.29, 0.717) is 12.5 Å². The van der Waals surface area contributed by atoms with Gasteiger partial charge in [0.25, 0.3) is 5.91 Å². The van der Waals surface area contributed by atoms with Crippen LogP contribution in [0.5, 0.6) is 0 Å². The summed E-state index contributed by atoms with van der Waals surface area (Å²) in [4.78, 5) is 11.8. The summed E-state index contributed by atoms with van der Waals surface area (Å²) in [5.41, 5.74) is 4.54. The zero-order chi connectivity index (χ0) is 14.5. The first-order valence-electron chi connectivity index (χ1n) is 7.11. The van der Waals surface area contributed by atoms with Gasteiger partial charge in [0.15, 0.2) is 5.82 Å². The molecular formula is C15H20F2N2O. The number of nitrogen functional groups attached to an aromatic ring is 1. The SMILES string of the molecule is Nc1ccc(F)c(C(=O)NCCC2CCCCC2)c1F. The smallest absolute Gasteiger partial charge is 0.257 e. The first-order chi connectivity index (χ1) is 9.59. The van der Waals surface area contributed by atoms with Crippen LogP contribution < -0.4 is 11.1 Å². The van der Waals surface area contributed by atoms with Gasteiger partial charge in [0.1, 0.15) is 11.4 Å². The number of nitrogens with one attached hydrogen (secondary N) is 1. The lowest BCUT2D eigenvalue weighted by Gasteiger charge is -2.21. The quantitative estimate of drug-likeness (QED) is 0.833. The molecule has 0 aromatic heterocycles. The molecule has 0 bridgehead atoms. The molecule has 1 aliphatic carbocycles. The topological polar surface area (TPSA) is 55.1 Å². The van der Waals surface area contributed by atoms with Gasteiger partial charge in [-0.25, -0.2) is 8.78 Å². The molecule has 1 aromatic rings. The summed E-state index contributed by atoms with van der Waals surface area (Å²) in [6.45, 7) is 0.442. The van der Waals surface area contributed by atoms with Crippen LogP contribution in [0.15, 0.2) is 12.1 Å². The van der Waals surface area contributed by atoms with E-state index in [0.717, 1.165) is 18.6 Å². The van der Waals surface area contributed by atoms with Crippen molar-refractivity contribution in [3.05, 3.63) is 29.3 Å². The van der Waals surface area contributed by atoms with E-state index in [1.165, 1.54) is 32.1 Å². The number of nitrogens with two attached hydrogens (primary N) is 1. The Morgan fingerprint density at radius 3 is 2.65 bits per heavy atom. The maximum atomic E-state index is 13.7. The Bertz CT molecular complexity index is 485. The van der Waals surface area contributed by atoms with Gasteiger partial charge in [0.2, 0.25) is 0 Å². The second kappa shape index (κ2) is 6.68. The molecule has 1 aliphatic rings. The molecule has 0 aliphatic heterocycles. The third kappa shape index (κ3) is 3.46. The minimum absolute atomic E-state index is 0.219. The number of rotatable bonds is 4. The summed E-state index contributed by atoms with van der Waals surface area (Å²) >= 11 is 0. The van der Waals surface area contributed by atoms with E-state index in [4.69, 9.17) is 5.73 Å². The summed E-state index contributed by atoms with van der Waals surface area (Å²) in [6.07, 6.45) is 6.96. The lowest BCUT2D eigenvalue weighted by Crippen LogP contribution is -2.28. The van der Waals surface area contributed by atoms with Crippen molar-refractivity contribution in [2.75, 3.05) is 12.3 Å². The summed E-state index contributed by atoms with van der Waals surface area (Å²) in [5.74, 6) is -1.99. The predicted molar refractivity (Wildman–Crippen MR) is 74.3 cm³/mol. The molecule has 0 unspecified atom stereocenters. The first-order valence-corrected chi connectivity index (χ1v) is 7.11. The minimum Gasteiger partial charge on any atom is -0.396 e. The fraction of sp³-hybridized carbons (Fsp3) is 0.533. The molecule has 110 valence electrons. The number of hydrogen-bond donors (Lipinski definition) is 2. The number of benzene rings is 1. The van der Waals surface area contributed by atoms with Crippen molar-refractivity contribution in [3.8, 4) is 0 Å². The molecule has 3 nitrogen and oxygen atoms in total. The van der Waals surface area contributed by atoms with E-state index in [2.05, 4.69) is 5.32 Å². The molecule has 0 heterocycles. The summed E-state index contributed by atoms with van der Waals surface area (Å²) in [5, 5.41) is 2.58. The molecule has 20 heavy (non-hydrogen) atoms. The van der Waals surface area contributed by atoms with Crippen molar-refractivity contribution in [2.24, 2.45) is 5.92 Å². The Morgan fingerprint density at radius 2 is 1.95 bits per heavy atom. The van der Waals surface area contributed by atoms with Crippen molar-refractivity contribution in [3.63, 3.8) is 0 Å². The minimum atomic E-state index is -0.986. The maximum absolute atomic E-state index is 13.7. The van der Waals surface area contributed by atoms with E-state index in [9.17, 15) is 13.6 Å². The van der Waals surface area contributed by atoms with Gasteiger partial charge in [-0.3, -0.25) is 4.79 Å². The van der Waals surface area contributed by atoms with Crippen LogP contribution in [0.25, 0.3) is 0 Å². The Hall–Kier alpha value is -1.65. The van der Waals surface area contributed by atoms with E-state index >= 15 is 0 Å². The summed E-state index contributed by atoms with van der Waals surface area (Å²) in [6, 6.07) is 2.12. The van der Waals surface area contributed by atoms with E-state index < -0.39 is 23.1 Å². The van der Waals surface area contributed by atoms with Crippen LogP contribution in [0.4, 0.5) is 14.5 Å². The molecule has 0 radical (unpaired) electrons. The molecule has 0 saturated heterocycles. The van der Waals surface area contributed by atoms with E-state index in [1.807, 2.05) is 0 Å². The Kier molecular flexibility index (Phi) is 4.93. The van der Waals surface area contributed by atoms with Crippen molar-refractivity contribution in [1.82, 2.24) is 5.32 Å². The third-order valence-corrected chi connectivity index (χ3v) is 3.91. The second-order valence-electron chi connectivity index (χ2n) is 5.37. The number of halogens is 2. The molecule has 5 heteroatoms. The highest BCUT2D eigenvalue weighted by Crippen LogP contribution is 2.26. The number of carbonyl (C=O) groups excluding carboxylic acids is 1. The molecule has 3 N–H and O–H groups in total. The number of carbonyl (C=O) groups is 1. The van der Waals surface area contributed by atoms with E-state index in [-0.39, 0.29) is 5.69 Å². The maximum Gasteiger partial charge on any atom is 0.257 e. The van der Waals surface area contributed by atoms with Gasteiger partial charge >= 0.3 is 0 Å². The van der Waals surface area contributed by atoms with Crippen LogP contribution in [-0.2, 0) is 0 Å². The molecule has 2 rings (SSSR count). The van der Waals surface area contributed by atoms with Crippen molar-refractivity contribution in [2.45, 2.75) is 38.5 Å². The molecule has 0 spiro atoms. The summed E-state index contributed by atoms with van der Waals surface area (Å²) < 4.78 is 27.2. The highest BCUT2D eigenvalue weighted by molar-refractivity contribution is 5.95. The average molecular weight is 282 g/mol. The Labute approximate surface area is 117 Å². The van der Waals surface area contributed by atoms with Crippen LogP contribution in [0.2, 0.25) is 0 Å². The lowest BCUT2D eigenvalue weighted by molar-refractivity contribution is 0.0942. The molecule has 1 fully saturated rings. The normalized spacial score (nSPS) is 16.1. The van der Waals surface area contributed by atoms with Crippen LogP contribution >= 0.6 is 0 Å². The average Bonchev–Trinajstić information content (AvgIpc) is 2.44. The first kappa shape index (κ1) is 14.8. The van der Waals surface area contributed by atoms with E-state index in [1.54, 1.807) is 0 Å². The van der Waals surface area contributed by atoms with Crippen LogP contribution in [0, 0.1) is 17.6 Å². The Morgan fingerprint density at radius 1 is 1.25 bits per heavy atom. The zero-order valence-corrected chi connectivity index (χ0v) is 11.4. The van der Waals surface area contributed by atoms with Gasteiger partial charge in [0, 0.05) is 6.54 Å². The lowest BCUT2D eigenvalue weighted by atomic mass is 9.87. The standard InChI is InChI=1S/C15H20F2N2O/c16-11-6-7-12(18)14(17)13(11)15(20)19-9-8-10-4-2-1-3-5-10/h6-7,10H,1-5,8-9,18H2,(H,19,20). The zero-order valence-electron chi connectivity index (χ0n) is 11.4. The van der Waals surface area contributed by atoms with Crippen LogP contribution in [0.3, 0.4) is 0 Å². The van der Waals surface area contributed by atoms with Gasteiger partial charge in [-0.15, -0.1) is 0 Å². The van der Waals surface area contributed by atoms with Crippen molar-refractivity contribution < 1.29 is 13.6 Å². The predicted octanol–water partition coefficient (Wildman–Crippen LogP) is 3.25. The largest absolute Gasteiger partial charge is 0.396 e. The fourth-order valence-corrected chi connectivity index (χ4v) is 2.73. The van der Waals surface area contributed by atoms with Crippen molar-refractivity contribution in [1.29, 1.82) is 0 Å². The molecule has 1 saturated carbocycles. The van der Waals surface area contributed by atoms with Gasteiger partial charge < -0.3 is 11.1 Å². The number of amides is 1. The second-order valence-corrected chi connectivity index (χ2v) is 5.37. The summed E-state index contributed by atoms with van der Waals surface area (Å²) in [7, 11) is 0. The van der Waals surface area contributed by atoms with Crippen LogP contribution in [-0.4, -0.2) is 12.5 Å². The number of anilines is 1. The highest BCUT2D eigenvalue weighted by Gasteiger charge is 2.20. The molecule has 1 amide bonds. The van der Waals surface area contributed by atoms with Gasteiger partial charge in [-0.2, -0.15) is 0 Å². The van der Waals surface area contributed by atoms with Gasteiger partial charge in [-0.05, 0) is 24.5 Å². The van der Waals surface area contributed by atoms with Crippen LogP contribution in [0.1, 0.15) is 48.9 Å².